The number of rotatable bonds is 4. The number of pyridine rings is 1. The molecule has 3 rings (SSSR count). The molecule has 3 heteroatoms. The summed E-state index contributed by atoms with van der Waals surface area (Å²) in [5.74, 6) is 0.653. The monoisotopic (exact) mass is 272 g/mol. The Labute approximate surface area is 118 Å². The van der Waals surface area contributed by atoms with Crippen LogP contribution in [0.5, 0.6) is 0 Å². The lowest BCUT2D eigenvalue weighted by molar-refractivity contribution is 0.413. The number of hydrogen-bond acceptors (Lipinski definition) is 3. The van der Waals surface area contributed by atoms with Gasteiger partial charge in [-0.05, 0) is 61.4 Å². The summed E-state index contributed by atoms with van der Waals surface area (Å²) in [6, 6.07) is 7.04. The molecule has 19 heavy (non-hydrogen) atoms. The molecule has 2 heterocycles. The van der Waals surface area contributed by atoms with Crippen molar-refractivity contribution in [1.29, 1.82) is 0 Å². The molecular weight excluding hydrogens is 252 g/mol. The maximum atomic E-state index is 4.23. The second-order valence-corrected chi connectivity index (χ2v) is 6.26. The number of likely N-dealkylation sites (N-methyl/N-ethyl adjacent to an activating group) is 1. The van der Waals surface area contributed by atoms with E-state index in [0.29, 0.717) is 12.0 Å². The first-order valence-electron chi connectivity index (χ1n) is 7.01. The maximum absolute atomic E-state index is 4.23. The molecule has 0 saturated carbocycles. The minimum absolute atomic E-state index is 0.512. The second-order valence-electron chi connectivity index (χ2n) is 5.26. The van der Waals surface area contributed by atoms with E-state index in [1.165, 1.54) is 24.8 Å². The molecule has 2 nitrogen and oxygen atoms in total. The summed E-state index contributed by atoms with van der Waals surface area (Å²) in [4.78, 5) is 5.83. The number of hydrogen-bond donors (Lipinski definition) is 1. The summed E-state index contributed by atoms with van der Waals surface area (Å²) in [7, 11) is 2.09. The standard InChI is InChI=1S/C16H20N2S/c1-17-15(10-12-4-3-8-18-11-12)13-5-2-6-16-14(13)7-9-19-16/h3-4,7-9,11,13,15,17H,2,5-6,10H2,1H3. The average Bonchev–Trinajstić information content (AvgIpc) is 2.94. The molecule has 2 atom stereocenters. The predicted octanol–water partition coefficient (Wildman–Crippen LogP) is 3.39. The van der Waals surface area contributed by atoms with Gasteiger partial charge in [-0.15, -0.1) is 11.3 Å². The van der Waals surface area contributed by atoms with Crippen LogP contribution in [0.1, 0.15) is 34.8 Å². The zero-order valence-electron chi connectivity index (χ0n) is 11.3. The molecule has 0 radical (unpaired) electrons. The largest absolute Gasteiger partial charge is 0.316 e. The summed E-state index contributed by atoms with van der Waals surface area (Å²) in [6.07, 6.45) is 8.78. The lowest BCUT2D eigenvalue weighted by atomic mass is 9.80. The first kappa shape index (κ1) is 12.8. The fourth-order valence-electron chi connectivity index (χ4n) is 3.16. The van der Waals surface area contributed by atoms with E-state index >= 15 is 0 Å². The highest BCUT2D eigenvalue weighted by atomic mass is 32.1. The van der Waals surface area contributed by atoms with Crippen LogP contribution in [0.25, 0.3) is 0 Å². The quantitative estimate of drug-likeness (QED) is 0.923. The van der Waals surface area contributed by atoms with Gasteiger partial charge in [0, 0.05) is 29.2 Å². The molecule has 0 aliphatic heterocycles. The second kappa shape index (κ2) is 5.85. The molecule has 0 fully saturated rings. The third-order valence-corrected chi connectivity index (χ3v) is 5.13. The molecule has 1 N–H and O–H groups in total. The van der Waals surface area contributed by atoms with Gasteiger partial charge in [0.25, 0.3) is 0 Å². The van der Waals surface area contributed by atoms with E-state index in [4.69, 9.17) is 0 Å². The lowest BCUT2D eigenvalue weighted by Gasteiger charge is -2.30. The highest BCUT2D eigenvalue weighted by Gasteiger charge is 2.27. The zero-order valence-corrected chi connectivity index (χ0v) is 12.1. The van der Waals surface area contributed by atoms with Gasteiger partial charge >= 0.3 is 0 Å². The Morgan fingerprint density at radius 3 is 3.21 bits per heavy atom. The molecule has 2 unspecified atom stereocenters. The van der Waals surface area contributed by atoms with Crippen molar-refractivity contribution >= 4 is 11.3 Å². The minimum atomic E-state index is 0.512. The zero-order chi connectivity index (χ0) is 13.1. The van der Waals surface area contributed by atoms with Gasteiger partial charge in [0.15, 0.2) is 0 Å². The van der Waals surface area contributed by atoms with Crippen LogP contribution in [0.3, 0.4) is 0 Å². The number of fused-ring (bicyclic) bond motifs is 1. The van der Waals surface area contributed by atoms with Crippen molar-refractivity contribution < 1.29 is 0 Å². The van der Waals surface area contributed by atoms with Crippen LogP contribution >= 0.6 is 11.3 Å². The third-order valence-electron chi connectivity index (χ3n) is 4.13. The van der Waals surface area contributed by atoms with E-state index in [2.05, 4.69) is 34.9 Å². The van der Waals surface area contributed by atoms with Crippen LogP contribution in [0.4, 0.5) is 0 Å². The van der Waals surface area contributed by atoms with Crippen LogP contribution in [0, 0.1) is 0 Å². The summed E-state index contributed by atoms with van der Waals surface area (Å²) < 4.78 is 0. The van der Waals surface area contributed by atoms with E-state index in [0.717, 1.165) is 6.42 Å². The molecule has 1 aliphatic carbocycles. The Morgan fingerprint density at radius 2 is 2.42 bits per heavy atom. The average molecular weight is 272 g/mol. The van der Waals surface area contributed by atoms with Crippen LogP contribution in [-0.4, -0.2) is 18.1 Å². The van der Waals surface area contributed by atoms with E-state index in [1.807, 2.05) is 29.8 Å². The van der Waals surface area contributed by atoms with Gasteiger partial charge in [0.2, 0.25) is 0 Å². The number of aromatic nitrogens is 1. The molecule has 0 spiro atoms. The molecule has 0 amide bonds. The van der Waals surface area contributed by atoms with Crippen LogP contribution in [-0.2, 0) is 12.8 Å². The van der Waals surface area contributed by atoms with Crippen LogP contribution < -0.4 is 5.32 Å². The topological polar surface area (TPSA) is 24.9 Å². The van der Waals surface area contributed by atoms with E-state index in [-0.39, 0.29) is 0 Å². The molecule has 0 bridgehead atoms. The first-order valence-corrected chi connectivity index (χ1v) is 7.89. The van der Waals surface area contributed by atoms with Gasteiger partial charge in [-0.1, -0.05) is 6.07 Å². The highest BCUT2D eigenvalue weighted by molar-refractivity contribution is 7.10. The van der Waals surface area contributed by atoms with Crippen molar-refractivity contribution in [2.75, 3.05) is 7.05 Å². The Hall–Kier alpha value is -1.19. The highest BCUT2D eigenvalue weighted by Crippen LogP contribution is 2.37. The van der Waals surface area contributed by atoms with E-state index in [1.54, 1.807) is 10.4 Å². The van der Waals surface area contributed by atoms with E-state index < -0.39 is 0 Å². The fourth-order valence-corrected chi connectivity index (χ4v) is 4.15. The Balaban J connectivity index is 1.80. The van der Waals surface area contributed by atoms with Gasteiger partial charge in [-0.3, -0.25) is 4.98 Å². The Morgan fingerprint density at radius 1 is 1.47 bits per heavy atom. The number of aryl methyl sites for hydroxylation is 1. The number of thiophene rings is 1. The van der Waals surface area contributed by atoms with Gasteiger partial charge < -0.3 is 5.32 Å². The van der Waals surface area contributed by atoms with Crippen molar-refractivity contribution in [3.63, 3.8) is 0 Å². The minimum Gasteiger partial charge on any atom is -0.316 e. The van der Waals surface area contributed by atoms with Crippen molar-refractivity contribution in [3.8, 4) is 0 Å². The first-order chi connectivity index (χ1) is 9.38. The van der Waals surface area contributed by atoms with E-state index in [9.17, 15) is 0 Å². The maximum Gasteiger partial charge on any atom is 0.0300 e. The number of nitrogens with zero attached hydrogens (tertiary/aromatic N) is 1. The predicted molar refractivity (Wildman–Crippen MR) is 80.8 cm³/mol. The van der Waals surface area contributed by atoms with Crippen molar-refractivity contribution in [3.05, 3.63) is 52.0 Å². The normalized spacial score (nSPS) is 19.9. The summed E-state index contributed by atoms with van der Waals surface area (Å²) >= 11 is 1.92. The molecule has 100 valence electrons. The Kier molecular flexibility index (Phi) is 3.95. The molecule has 0 aromatic carbocycles. The van der Waals surface area contributed by atoms with Gasteiger partial charge in [0.1, 0.15) is 0 Å². The molecule has 2 aromatic heterocycles. The van der Waals surface area contributed by atoms with Crippen molar-refractivity contribution in [1.82, 2.24) is 10.3 Å². The summed E-state index contributed by atoms with van der Waals surface area (Å²) in [5, 5.41) is 5.78. The molecule has 0 saturated heterocycles. The SMILES string of the molecule is CNC(Cc1cccnc1)C1CCCc2sccc21. The van der Waals surface area contributed by atoms with Crippen molar-refractivity contribution in [2.24, 2.45) is 0 Å². The van der Waals surface area contributed by atoms with Gasteiger partial charge in [0.05, 0.1) is 0 Å². The third kappa shape index (κ3) is 2.72. The molecular formula is C16H20N2S. The molecule has 2 aromatic rings. The summed E-state index contributed by atoms with van der Waals surface area (Å²) in [5.41, 5.74) is 2.91. The smallest absolute Gasteiger partial charge is 0.0300 e. The fraction of sp³-hybridized carbons (Fsp3) is 0.438. The number of nitrogens with one attached hydrogen (secondary N) is 1. The van der Waals surface area contributed by atoms with Crippen molar-refractivity contribution in [2.45, 2.75) is 37.6 Å². The van der Waals surface area contributed by atoms with Gasteiger partial charge in [-0.2, -0.15) is 0 Å². The molecule has 1 aliphatic rings. The summed E-state index contributed by atoms with van der Waals surface area (Å²) in [6.45, 7) is 0. The Bertz CT molecular complexity index is 521. The lowest BCUT2D eigenvalue weighted by Crippen LogP contribution is -2.35. The van der Waals surface area contributed by atoms with Crippen LogP contribution in [0.2, 0.25) is 0 Å². The van der Waals surface area contributed by atoms with Gasteiger partial charge in [-0.25, -0.2) is 0 Å². The van der Waals surface area contributed by atoms with Crippen LogP contribution in [0.15, 0.2) is 36.0 Å².